The van der Waals surface area contributed by atoms with E-state index < -0.39 is 15.3 Å². The average Bonchev–Trinajstić information content (AvgIpc) is 2.03. The van der Waals surface area contributed by atoms with Crippen LogP contribution >= 0.6 is 10.7 Å². The number of hydrogen-bond donors (Lipinski definition) is 1. The molecule has 1 rings (SSSR count). The number of rotatable bonds is 1. The Morgan fingerprint density at radius 1 is 1.46 bits per heavy atom. The number of carbonyl (C=O) groups is 1. The fraction of sp³-hybridized carbons (Fsp3) is 0.167. The van der Waals surface area contributed by atoms with Gasteiger partial charge < -0.3 is 0 Å². The van der Waals surface area contributed by atoms with Crippen molar-refractivity contribution < 1.29 is 13.2 Å². The van der Waals surface area contributed by atoms with Gasteiger partial charge >= 0.3 is 15.3 Å². The molecule has 1 heterocycles. The third-order valence-corrected chi connectivity index (χ3v) is 1.94. The van der Waals surface area contributed by atoms with Crippen LogP contribution in [0.2, 0.25) is 0 Å². The van der Waals surface area contributed by atoms with Crippen molar-refractivity contribution in [3.63, 3.8) is 0 Å². The summed E-state index contributed by atoms with van der Waals surface area (Å²) in [7, 11) is 0.819. The number of allylic oxidation sites excluding steroid dienone is 2. The number of hydrogen-bond acceptors (Lipinski definition) is 3. The van der Waals surface area contributed by atoms with Crippen molar-refractivity contribution in [1.29, 1.82) is 0 Å². The fourth-order valence-corrected chi connectivity index (χ4v) is 1.30. The van der Waals surface area contributed by atoms with Crippen LogP contribution in [0.4, 0.5) is 4.79 Å². The van der Waals surface area contributed by atoms with Crippen LogP contribution in [0, 0.1) is 0 Å². The quantitative estimate of drug-likeness (QED) is 0.660. The zero-order valence-corrected chi connectivity index (χ0v) is 8.05. The summed E-state index contributed by atoms with van der Waals surface area (Å²) < 4.78 is 22.5. The highest BCUT2D eigenvalue weighted by Crippen LogP contribution is 2.00. The summed E-state index contributed by atoms with van der Waals surface area (Å²) >= 11 is 0. The Kier molecular flexibility index (Phi) is 2.94. The minimum atomic E-state index is -4.00. The third-order valence-electron chi connectivity index (χ3n) is 1.29. The van der Waals surface area contributed by atoms with Gasteiger partial charge in [0.15, 0.2) is 0 Å². The normalized spacial score (nSPS) is 15.9. The Bertz CT molecular complexity index is 360. The number of halogens is 1. The number of amides is 2. The van der Waals surface area contributed by atoms with Gasteiger partial charge in [-0.1, -0.05) is 12.2 Å². The van der Waals surface area contributed by atoms with E-state index in [0.717, 1.165) is 0 Å². The maximum absolute atomic E-state index is 11.1. The van der Waals surface area contributed by atoms with Gasteiger partial charge in [-0.15, -0.1) is 0 Å². The molecule has 0 saturated heterocycles. The molecule has 0 unspecified atom stereocenters. The molecule has 0 saturated carbocycles. The molecule has 1 aliphatic heterocycles. The molecule has 0 aromatic rings. The lowest BCUT2D eigenvalue weighted by Gasteiger charge is -2.17. The number of nitrogens with one attached hydrogen (secondary N) is 1. The largest absolute Gasteiger partial charge is 0.336 e. The summed E-state index contributed by atoms with van der Waals surface area (Å²) in [6.45, 7) is 0.328. The Labute approximate surface area is 80.2 Å². The van der Waals surface area contributed by atoms with Gasteiger partial charge in [0.05, 0.1) is 0 Å². The lowest BCUT2D eigenvalue weighted by atomic mass is 10.4. The first-order valence-corrected chi connectivity index (χ1v) is 5.66. The van der Waals surface area contributed by atoms with Crippen molar-refractivity contribution >= 4 is 26.0 Å². The molecule has 0 aromatic heterocycles. The van der Waals surface area contributed by atoms with Crippen LogP contribution in [0.25, 0.3) is 0 Å². The molecule has 0 aromatic carbocycles. The standard InChI is InChI=1S/C6H7ClN2O3S/c7-13(11,12)8-6(10)9-4-2-1-3-5-9/h1-4H,5H2,(H,8,10). The molecular formula is C6H7ClN2O3S. The monoisotopic (exact) mass is 222 g/mol. The molecule has 13 heavy (non-hydrogen) atoms. The highest BCUT2D eigenvalue weighted by molar-refractivity contribution is 8.12. The predicted octanol–water partition coefficient (Wildman–Crippen LogP) is 0.565. The summed E-state index contributed by atoms with van der Waals surface area (Å²) in [5.74, 6) is 0. The van der Waals surface area contributed by atoms with Crippen LogP contribution in [-0.4, -0.2) is 25.9 Å². The van der Waals surface area contributed by atoms with E-state index in [0.29, 0.717) is 6.54 Å². The van der Waals surface area contributed by atoms with E-state index in [1.165, 1.54) is 11.1 Å². The molecule has 1 N–H and O–H groups in total. The second kappa shape index (κ2) is 3.80. The number of carbonyl (C=O) groups excluding carboxylic acids is 1. The van der Waals surface area contributed by atoms with E-state index in [4.69, 9.17) is 10.7 Å². The number of nitrogens with zero attached hydrogens (tertiary/aromatic N) is 1. The molecule has 5 nitrogen and oxygen atoms in total. The van der Waals surface area contributed by atoms with Crippen LogP contribution < -0.4 is 4.72 Å². The summed E-state index contributed by atoms with van der Waals surface area (Å²) in [6.07, 6.45) is 6.53. The fourth-order valence-electron chi connectivity index (χ4n) is 0.781. The molecule has 7 heteroatoms. The highest BCUT2D eigenvalue weighted by atomic mass is 35.7. The van der Waals surface area contributed by atoms with Gasteiger partial charge in [0, 0.05) is 23.4 Å². The molecule has 0 bridgehead atoms. The average molecular weight is 223 g/mol. The van der Waals surface area contributed by atoms with Crippen LogP contribution in [0.1, 0.15) is 0 Å². The molecule has 0 fully saturated rings. The van der Waals surface area contributed by atoms with Gasteiger partial charge in [0.25, 0.3) is 0 Å². The summed E-state index contributed by atoms with van der Waals surface area (Å²) in [5, 5.41) is 0. The van der Waals surface area contributed by atoms with Crippen molar-refractivity contribution in [2.75, 3.05) is 6.54 Å². The first kappa shape index (κ1) is 10.1. The van der Waals surface area contributed by atoms with Gasteiger partial charge in [-0.3, -0.25) is 4.90 Å². The van der Waals surface area contributed by atoms with Crippen LogP contribution in [-0.2, 0) is 9.24 Å². The minimum Gasteiger partial charge on any atom is -0.296 e. The SMILES string of the molecule is O=C(NS(=O)(=O)Cl)N1C=CC=CC1. The van der Waals surface area contributed by atoms with Crippen molar-refractivity contribution in [2.45, 2.75) is 0 Å². The lowest BCUT2D eigenvalue weighted by Crippen LogP contribution is -2.38. The van der Waals surface area contributed by atoms with Gasteiger partial charge in [0.2, 0.25) is 0 Å². The van der Waals surface area contributed by atoms with Gasteiger partial charge in [-0.05, 0) is 6.08 Å². The maximum atomic E-state index is 11.1. The summed E-state index contributed by atoms with van der Waals surface area (Å²) in [4.78, 5) is 12.3. The second-order valence-corrected chi connectivity index (χ2v) is 4.57. The topological polar surface area (TPSA) is 66.5 Å². The predicted molar refractivity (Wildman–Crippen MR) is 48.3 cm³/mol. The third kappa shape index (κ3) is 3.47. The Morgan fingerprint density at radius 3 is 2.62 bits per heavy atom. The van der Waals surface area contributed by atoms with E-state index in [1.807, 2.05) is 0 Å². The van der Waals surface area contributed by atoms with E-state index in [9.17, 15) is 13.2 Å². The van der Waals surface area contributed by atoms with Gasteiger partial charge in [-0.25, -0.2) is 9.52 Å². The molecule has 0 spiro atoms. The Balaban J connectivity index is 2.59. The first-order valence-electron chi connectivity index (χ1n) is 3.35. The first-order chi connectivity index (χ1) is 5.99. The number of urea groups is 1. The molecule has 2 amide bonds. The molecule has 72 valence electrons. The van der Waals surface area contributed by atoms with E-state index in [2.05, 4.69) is 0 Å². The van der Waals surface area contributed by atoms with Crippen molar-refractivity contribution in [3.8, 4) is 0 Å². The summed E-state index contributed by atoms with van der Waals surface area (Å²) in [5.41, 5.74) is 0. The van der Waals surface area contributed by atoms with Gasteiger partial charge in [0.1, 0.15) is 0 Å². The maximum Gasteiger partial charge on any atom is 0.336 e. The molecule has 0 radical (unpaired) electrons. The van der Waals surface area contributed by atoms with Crippen LogP contribution in [0.5, 0.6) is 0 Å². The van der Waals surface area contributed by atoms with Crippen molar-refractivity contribution in [2.24, 2.45) is 0 Å². The smallest absolute Gasteiger partial charge is 0.296 e. The van der Waals surface area contributed by atoms with Gasteiger partial charge in [-0.2, -0.15) is 8.42 Å². The van der Waals surface area contributed by atoms with E-state index >= 15 is 0 Å². The van der Waals surface area contributed by atoms with Crippen LogP contribution in [0.15, 0.2) is 24.4 Å². The lowest BCUT2D eigenvalue weighted by molar-refractivity contribution is 0.224. The van der Waals surface area contributed by atoms with E-state index in [-0.39, 0.29) is 0 Å². The van der Waals surface area contributed by atoms with E-state index in [1.54, 1.807) is 23.0 Å². The molecular weight excluding hydrogens is 216 g/mol. The van der Waals surface area contributed by atoms with Crippen molar-refractivity contribution in [1.82, 2.24) is 9.62 Å². The van der Waals surface area contributed by atoms with Crippen molar-refractivity contribution in [3.05, 3.63) is 24.4 Å². The highest BCUT2D eigenvalue weighted by Gasteiger charge is 2.15. The zero-order chi connectivity index (χ0) is 9.90. The second-order valence-electron chi connectivity index (χ2n) is 2.27. The zero-order valence-electron chi connectivity index (χ0n) is 6.47. The Hall–Kier alpha value is -1.01. The molecule has 0 atom stereocenters. The molecule has 1 aliphatic rings. The molecule has 0 aliphatic carbocycles. The minimum absolute atomic E-state index is 0.328. The summed E-state index contributed by atoms with van der Waals surface area (Å²) in [6, 6.07) is -0.768. The Morgan fingerprint density at radius 2 is 2.15 bits per heavy atom. The van der Waals surface area contributed by atoms with Crippen LogP contribution in [0.3, 0.4) is 0 Å².